The van der Waals surface area contributed by atoms with Crippen molar-refractivity contribution in [3.05, 3.63) is 103 Å². The SMILES string of the molecule is C=C(COc1ccc2nc3c(c(CC)c2c1)Cn1c-3cc2c(c1=O)COC(=O)[C@]2(O)CC)C(=O)N1CCN(c2nc(OC[C@@H]3CCCN3C)nc3c(F)c(-c4nc(N)cc(C)c4C(F)(F)F)c(Cl)cc23)C[C@@H]1CC#N. The van der Waals surface area contributed by atoms with Crippen LogP contribution in [0.1, 0.15) is 72.9 Å². The number of nitrogen functional groups attached to an aromatic ring is 1. The highest BCUT2D eigenvalue weighted by Crippen LogP contribution is 2.46. The second kappa shape index (κ2) is 19.4. The number of alkyl halides is 3. The number of amides is 1. The predicted octanol–water partition coefficient (Wildman–Crippen LogP) is 7.39. The van der Waals surface area contributed by atoms with E-state index in [0.717, 1.165) is 42.0 Å². The fraction of sp³-hybridized carbons (Fsp3) is 0.396. The summed E-state index contributed by atoms with van der Waals surface area (Å²) in [5, 5.41) is 21.8. The number of rotatable bonds is 12. The van der Waals surface area contributed by atoms with Crippen molar-refractivity contribution >= 4 is 56.9 Å². The first-order chi connectivity index (χ1) is 35.8. The Morgan fingerprint density at radius 2 is 1.83 bits per heavy atom. The van der Waals surface area contributed by atoms with E-state index < -0.39 is 57.4 Å². The number of likely N-dealkylation sites (N-methyl/N-ethyl adjacent to an activating group) is 1. The van der Waals surface area contributed by atoms with Crippen LogP contribution in [0, 0.1) is 24.1 Å². The molecule has 17 nitrogen and oxygen atoms in total. The standard InChI is InChI=1S/C53H51ClF4N10O7/c1-6-31-32-18-30(10-11-38(32)61-44-34(31)22-68-39(44)20-36-35(49(68)70)25-74-50(71)52(36,72)7-2)73-23-27(4)48(69)67-16-15-66(21-28(67)12-13-59)47-33-19-37(54)41(46-42(53(56,57)58)26(3)17-40(60)62-46)43(55)45(33)63-51(64-47)75-24-29-9-8-14-65(29)5/h10-11,17-20,28-29,72H,4,6-9,12,14-16,21-25H2,1-3,5H3,(H2,60,62)/t28-,29-,52-/m0/s1. The quantitative estimate of drug-likeness (QED) is 0.0693. The number of anilines is 2. The number of carbonyl (C=O) groups excluding carboxylic acids is 2. The van der Waals surface area contributed by atoms with Crippen LogP contribution in [-0.4, -0.2) is 110 Å². The van der Waals surface area contributed by atoms with Gasteiger partial charge in [-0.2, -0.15) is 28.4 Å². The van der Waals surface area contributed by atoms with Gasteiger partial charge < -0.3 is 44.3 Å². The summed E-state index contributed by atoms with van der Waals surface area (Å²) in [4.78, 5) is 64.1. The Morgan fingerprint density at radius 3 is 2.53 bits per heavy atom. The molecule has 0 unspecified atom stereocenters. The fourth-order valence-electron chi connectivity index (χ4n) is 10.9. The van der Waals surface area contributed by atoms with Crippen molar-refractivity contribution in [2.45, 2.75) is 89.9 Å². The van der Waals surface area contributed by atoms with Crippen LogP contribution in [0.4, 0.5) is 29.2 Å². The number of piperazine rings is 1. The lowest BCUT2D eigenvalue weighted by atomic mass is 9.86. The van der Waals surface area contributed by atoms with E-state index in [4.69, 9.17) is 41.5 Å². The van der Waals surface area contributed by atoms with Crippen molar-refractivity contribution in [3.63, 3.8) is 0 Å². The van der Waals surface area contributed by atoms with Gasteiger partial charge in [-0.05, 0) is 93.7 Å². The Balaban J connectivity index is 0.909. The van der Waals surface area contributed by atoms with Gasteiger partial charge in [0.05, 0.1) is 69.4 Å². The Morgan fingerprint density at radius 1 is 1.04 bits per heavy atom. The molecule has 390 valence electrons. The number of likely N-dealkylation sites (tertiary alicyclic amines) is 1. The number of aliphatic hydroxyl groups is 1. The van der Waals surface area contributed by atoms with E-state index in [1.165, 1.54) is 17.9 Å². The van der Waals surface area contributed by atoms with E-state index in [1.807, 2.05) is 20.0 Å². The maximum atomic E-state index is 17.1. The van der Waals surface area contributed by atoms with Gasteiger partial charge >= 0.3 is 18.2 Å². The zero-order valence-electron chi connectivity index (χ0n) is 41.4. The van der Waals surface area contributed by atoms with E-state index in [-0.39, 0.29) is 121 Å². The normalized spacial score (nSPS) is 19.5. The van der Waals surface area contributed by atoms with Gasteiger partial charge in [0.15, 0.2) is 11.4 Å². The summed E-state index contributed by atoms with van der Waals surface area (Å²) < 4.78 is 79.8. The predicted molar refractivity (Wildman–Crippen MR) is 270 cm³/mol. The van der Waals surface area contributed by atoms with Crippen LogP contribution in [-0.2, 0) is 45.7 Å². The van der Waals surface area contributed by atoms with Crippen LogP contribution in [0.25, 0.3) is 44.5 Å². The molecular formula is C53H51ClF4N10O7. The molecule has 0 saturated carbocycles. The minimum Gasteiger partial charge on any atom is -0.489 e. The summed E-state index contributed by atoms with van der Waals surface area (Å²) in [7, 11) is 1.94. The number of nitrogens with zero attached hydrogens (tertiary/aromatic N) is 9. The molecule has 3 N–H and O–H groups in total. The lowest BCUT2D eigenvalue weighted by Gasteiger charge is -2.41. The number of aryl methyl sites for hydroxylation is 2. The van der Waals surface area contributed by atoms with Crippen molar-refractivity contribution in [3.8, 4) is 40.5 Å². The zero-order chi connectivity index (χ0) is 53.4. The third-order valence-electron chi connectivity index (χ3n) is 14.9. The molecule has 6 aromatic rings. The molecule has 10 rings (SSSR count). The molecule has 4 aromatic heterocycles. The molecule has 8 heterocycles. The van der Waals surface area contributed by atoms with Gasteiger partial charge in [0.25, 0.3) is 11.5 Å². The van der Waals surface area contributed by atoms with E-state index in [1.54, 1.807) is 34.6 Å². The number of nitrogens with two attached hydrogens (primary N) is 1. The van der Waals surface area contributed by atoms with Gasteiger partial charge in [0, 0.05) is 53.1 Å². The Bertz CT molecular complexity index is 3510. The van der Waals surface area contributed by atoms with Gasteiger partial charge in [0.1, 0.15) is 42.7 Å². The van der Waals surface area contributed by atoms with E-state index in [0.29, 0.717) is 29.1 Å². The number of hydrogen-bond acceptors (Lipinski definition) is 15. The minimum absolute atomic E-state index is 0.00165. The maximum absolute atomic E-state index is 17.1. The van der Waals surface area contributed by atoms with Crippen molar-refractivity contribution < 1.29 is 46.5 Å². The average Bonchev–Trinajstić information content (AvgIpc) is 3.99. The number of fused-ring (bicyclic) bond motifs is 6. The highest BCUT2D eigenvalue weighted by molar-refractivity contribution is 6.34. The molecule has 2 saturated heterocycles. The number of aromatic nitrogens is 5. The van der Waals surface area contributed by atoms with Crippen LogP contribution in [0.2, 0.25) is 5.02 Å². The van der Waals surface area contributed by atoms with Gasteiger partial charge in [-0.3, -0.25) is 9.59 Å². The second-order valence-corrected chi connectivity index (χ2v) is 19.8. The number of hydrogen-bond donors (Lipinski definition) is 2. The Labute approximate surface area is 432 Å². The molecule has 1 amide bonds. The fourth-order valence-corrected chi connectivity index (χ4v) is 11.2. The smallest absolute Gasteiger partial charge is 0.418 e. The number of esters is 1. The van der Waals surface area contributed by atoms with Gasteiger partial charge in [-0.15, -0.1) is 0 Å². The molecule has 0 radical (unpaired) electrons. The number of carbonyl (C=O) groups is 2. The topological polar surface area (TPSA) is 215 Å². The Kier molecular flexibility index (Phi) is 13.2. The maximum Gasteiger partial charge on any atom is 0.418 e. The number of nitriles is 1. The molecule has 0 aliphatic carbocycles. The number of halogens is 5. The van der Waals surface area contributed by atoms with E-state index in [2.05, 4.69) is 27.5 Å². The molecule has 3 atom stereocenters. The lowest BCUT2D eigenvalue weighted by Crippen LogP contribution is -2.56. The van der Waals surface area contributed by atoms with Gasteiger partial charge in [0.2, 0.25) is 0 Å². The van der Waals surface area contributed by atoms with Gasteiger partial charge in [-0.1, -0.05) is 32.0 Å². The Hall–Kier alpha value is -7.41. The molecule has 4 aliphatic rings. The second-order valence-electron chi connectivity index (χ2n) is 19.4. The highest BCUT2D eigenvalue weighted by Gasteiger charge is 2.46. The van der Waals surface area contributed by atoms with Crippen LogP contribution in [0.3, 0.4) is 0 Å². The van der Waals surface area contributed by atoms with Crippen LogP contribution < -0.4 is 25.7 Å². The first kappa shape index (κ1) is 51.1. The number of ether oxygens (including phenoxy) is 3. The van der Waals surface area contributed by atoms with E-state index >= 15 is 4.39 Å². The summed E-state index contributed by atoms with van der Waals surface area (Å²) in [6.45, 7) is 9.80. The first-order valence-electron chi connectivity index (χ1n) is 24.5. The molecule has 2 fully saturated rings. The summed E-state index contributed by atoms with van der Waals surface area (Å²) in [6.07, 6.45) is -2.73. The highest BCUT2D eigenvalue weighted by atomic mass is 35.5. The van der Waals surface area contributed by atoms with Crippen molar-refractivity contribution in [1.29, 1.82) is 5.26 Å². The molecule has 2 aromatic carbocycles. The molecule has 22 heteroatoms. The zero-order valence-corrected chi connectivity index (χ0v) is 42.2. The number of benzene rings is 2. The van der Waals surface area contributed by atoms with Crippen LogP contribution in [0.5, 0.6) is 11.8 Å². The summed E-state index contributed by atoms with van der Waals surface area (Å²) >= 11 is 6.71. The largest absolute Gasteiger partial charge is 0.489 e. The molecule has 4 aliphatic heterocycles. The average molecular weight is 1050 g/mol. The first-order valence-corrected chi connectivity index (χ1v) is 24.9. The minimum atomic E-state index is -4.95. The van der Waals surface area contributed by atoms with Crippen LogP contribution in [0.15, 0.2) is 53.3 Å². The van der Waals surface area contributed by atoms with Crippen LogP contribution >= 0.6 is 11.6 Å². The summed E-state index contributed by atoms with van der Waals surface area (Å²) in [5.74, 6) is -2.22. The molecule has 0 spiro atoms. The molecular weight excluding hydrogens is 1000 g/mol. The third kappa shape index (κ3) is 8.81. The van der Waals surface area contributed by atoms with Gasteiger partial charge in [-0.25, -0.2) is 19.2 Å². The number of pyridine rings is 3. The molecule has 75 heavy (non-hydrogen) atoms. The summed E-state index contributed by atoms with van der Waals surface area (Å²) in [6, 6.07) is 10.4. The molecule has 0 bridgehead atoms. The lowest BCUT2D eigenvalue weighted by molar-refractivity contribution is -0.172. The summed E-state index contributed by atoms with van der Waals surface area (Å²) in [5.41, 5.74) is 4.18. The van der Waals surface area contributed by atoms with Crippen molar-refractivity contribution in [2.75, 3.05) is 57.1 Å². The monoisotopic (exact) mass is 1050 g/mol. The third-order valence-corrected chi connectivity index (χ3v) is 15.2. The number of cyclic esters (lactones) is 1. The van der Waals surface area contributed by atoms with Crippen molar-refractivity contribution in [2.24, 2.45) is 0 Å². The van der Waals surface area contributed by atoms with Crippen molar-refractivity contribution in [1.82, 2.24) is 34.3 Å². The van der Waals surface area contributed by atoms with E-state index in [9.17, 15) is 37.9 Å².